The average molecular weight is 491 g/mol. The fraction of sp³-hybridized carbons (Fsp3) is 0.480. The van der Waals surface area contributed by atoms with Crippen LogP contribution in [0.3, 0.4) is 0 Å². The second kappa shape index (κ2) is 13.0. The van der Waals surface area contributed by atoms with Gasteiger partial charge in [0.05, 0.1) is 43.3 Å². The largest absolute Gasteiger partial charge is 0.593 e. The molecule has 1 fully saturated rings. The Balaban J connectivity index is 1.74. The molecule has 34 heavy (non-hydrogen) atoms. The molecule has 1 unspecified atom stereocenters. The number of hydrogen-bond donors (Lipinski definition) is 3. The number of aromatic hydroxyl groups is 1. The van der Waals surface area contributed by atoms with Crippen LogP contribution in [0.25, 0.3) is 0 Å². The summed E-state index contributed by atoms with van der Waals surface area (Å²) in [6.07, 6.45) is -0.908. The maximum absolute atomic E-state index is 13.3. The first-order valence-electron chi connectivity index (χ1n) is 11.5. The third-order valence-electron chi connectivity index (χ3n) is 5.44. The van der Waals surface area contributed by atoms with Crippen molar-refractivity contribution in [3.63, 3.8) is 0 Å². The molecule has 0 bridgehead atoms. The number of carbonyl (C=O) groups is 1. The molecule has 3 N–H and O–H groups in total. The molecule has 1 amide bonds. The zero-order valence-corrected chi connectivity index (χ0v) is 20.4. The number of alkyl carbamates (subject to hydrolysis) is 1. The first-order chi connectivity index (χ1) is 16.3. The van der Waals surface area contributed by atoms with Crippen molar-refractivity contribution in [3.8, 4) is 5.75 Å². The lowest BCUT2D eigenvalue weighted by Gasteiger charge is -2.31. The molecule has 3 rings (SSSR count). The minimum atomic E-state index is -1.60. The number of carbonyl (C=O) groups excluding carboxylic acids is 1. The van der Waals surface area contributed by atoms with E-state index in [2.05, 4.69) is 5.32 Å². The zero-order valence-electron chi connectivity index (χ0n) is 19.6. The van der Waals surface area contributed by atoms with E-state index in [0.717, 1.165) is 5.56 Å². The maximum Gasteiger partial charge on any atom is 0.407 e. The molecule has 186 valence electrons. The Bertz CT molecular complexity index is 894. The van der Waals surface area contributed by atoms with E-state index >= 15 is 0 Å². The molecule has 1 saturated heterocycles. The monoisotopic (exact) mass is 490 g/mol. The van der Waals surface area contributed by atoms with Crippen LogP contribution < -0.4 is 5.32 Å². The number of amides is 1. The third-order valence-corrected chi connectivity index (χ3v) is 6.87. The van der Waals surface area contributed by atoms with E-state index in [0.29, 0.717) is 37.5 Å². The van der Waals surface area contributed by atoms with E-state index in [4.69, 9.17) is 9.47 Å². The Hall–Kier alpha value is -2.30. The topological polar surface area (TPSA) is 114 Å². The van der Waals surface area contributed by atoms with Crippen molar-refractivity contribution in [1.82, 2.24) is 9.62 Å². The minimum absolute atomic E-state index is 0.0261. The Morgan fingerprint density at radius 2 is 2.00 bits per heavy atom. The first-order valence-corrected chi connectivity index (χ1v) is 12.6. The van der Waals surface area contributed by atoms with Crippen molar-refractivity contribution in [1.29, 1.82) is 0 Å². The highest BCUT2D eigenvalue weighted by atomic mass is 32.2. The van der Waals surface area contributed by atoms with Gasteiger partial charge in [-0.3, -0.25) is 0 Å². The van der Waals surface area contributed by atoms with Gasteiger partial charge in [-0.05, 0) is 30.0 Å². The standard InChI is InChI=1S/C25H34N2O6S/c1-18(2)15-27(34(31)22-10-6-9-20(28)14-22)16-24(29)23(13-19-7-4-3-5-8-19)26-25(30)33-21-11-12-32-17-21/h3-10,14,18,21,23-24,28-29H,11-13,15-17H2,1-2H3,(H,26,30)/t21-,23-,24+,34?/m0/s1. The van der Waals surface area contributed by atoms with Crippen molar-refractivity contribution < 1.29 is 29.0 Å². The quantitative estimate of drug-likeness (QED) is 0.415. The van der Waals surface area contributed by atoms with Crippen LogP contribution in [0.15, 0.2) is 59.5 Å². The molecule has 2 aromatic carbocycles. The molecule has 2 aromatic rings. The summed E-state index contributed by atoms with van der Waals surface area (Å²) in [5.41, 5.74) is 0.945. The summed E-state index contributed by atoms with van der Waals surface area (Å²) in [6, 6.07) is 15.2. The van der Waals surface area contributed by atoms with Crippen molar-refractivity contribution in [2.75, 3.05) is 26.3 Å². The van der Waals surface area contributed by atoms with Gasteiger partial charge in [0.2, 0.25) is 0 Å². The molecule has 9 heteroatoms. The third kappa shape index (κ3) is 8.18. The van der Waals surface area contributed by atoms with Gasteiger partial charge in [-0.15, -0.1) is 4.31 Å². The summed E-state index contributed by atoms with van der Waals surface area (Å²) in [7, 11) is 0. The predicted octanol–water partition coefficient (Wildman–Crippen LogP) is 2.86. The molecule has 1 aliphatic heterocycles. The van der Waals surface area contributed by atoms with Gasteiger partial charge < -0.3 is 29.6 Å². The molecule has 0 aromatic heterocycles. The van der Waals surface area contributed by atoms with Crippen LogP contribution in [-0.4, -0.2) is 69.7 Å². The number of nitrogens with zero attached hydrogens (tertiary/aromatic N) is 1. The van der Waals surface area contributed by atoms with Gasteiger partial charge in [0.25, 0.3) is 0 Å². The second-order valence-corrected chi connectivity index (χ2v) is 10.4. The Kier molecular flexibility index (Phi) is 10.0. The van der Waals surface area contributed by atoms with Crippen LogP contribution in [0.4, 0.5) is 4.79 Å². The highest BCUT2D eigenvalue weighted by Crippen LogP contribution is 2.22. The molecule has 8 nitrogen and oxygen atoms in total. The van der Waals surface area contributed by atoms with E-state index in [1.165, 1.54) is 12.1 Å². The number of nitrogens with one attached hydrogen (secondary N) is 1. The molecule has 0 aliphatic carbocycles. The normalized spacial score (nSPS) is 18.6. The lowest BCUT2D eigenvalue weighted by molar-refractivity contribution is 0.0643. The maximum atomic E-state index is 13.3. The average Bonchev–Trinajstić information content (AvgIpc) is 3.31. The van der Waals surface area contributed by atoms with Crippen LogP contribution in [0.1, 0.15) is 25.8 Å². The van der Waals surface area contributed by atoms with E-state index in [1.807, 2.05) is 44.2 Å². The number of phenols is 1. The molecular weight excluding hydrogens is 456 g/mol. The van der Waals surface area contributed by atoms with Gasteiger partial charge in [0.1, 0.15) is 11.9 Å². The van der Waals surface area contributed by atoms with E-state index in [-0.39, 0.29) is 24.3 Å². The lowest BCUT2D eigenvalue weighted by Crippen LogP contribution is -2.51. The fourth-order valence-corrected chi connectivity index (χ4v) is 5.22. The van der Waals surface area contributed by atoms with Gasteiger partial charge in [-0.25, -0.2) is 4.79 Å². The van der Waals surface area contributed by atoms with E-state index in [9.17, 15) is 19.6 Å². The highest BCUT2D eigenvalue weighted by Gasteiger charge is 2.32. The van der Waals surface area contributed by atoms with Gasteiger partial charge in [0, 0.05) is 19.0 Å². The van der Waals surface area contributed by atoms with Crippen molar-refractivity contribution in [3.05, 3.63) is 60.2 Å². The number of ether oxygens (including phenoxy) is 2. The summed E-state index contributed by atoms with van der Waals surface area (Å²) in [5, 5.41) is 23.8. The molecule has 1 aliphatic rings. The number of phenolic OH excluding ortho intramolecular Hbond substituents is 1. The summed E-state index contributed by atoms with van der Waals surface area (Å²) in [5.74, 6) is 0.208. The zero-order chi connectivity index (χ0) is 24.5. The lowest BCUT2D eigenvalue weighted by atomic mass is 10.0. The highest BCUT2D eigenvalue weighted by molar-refractivity contribution is 7.89. The number of aliphatic hydroxyl groups is 1. The SMILES string of the molecule is CC(C)CN(C[C@@H](O)[C@H](Cc1ccccc1)NC(=O)O[C@H]1CCOC1)[S+]([O-])c1cccc(O)c1. The summed E-state index contributed by atoms with van der Waals surface area (Å²) < 4.78 is 25.7. The Labute approximate surface area is 204 Å². The number of hydrogen-bond acceptors (Lipinski definition) is 7. The van der Waals surface area contributed by atoms with Gasteiger partial charge in [-0.1, -0.05) is 50.2 Å². The first kappa shape index (κ1) is 26.3. The summed E-state index contributed by atoms with van der Waals surface area (Å²) >= 11 is -1.60. The molecule has 0 radical (unpaired) electrons. The van der Waals surface area contributed by atoms with E-state index < -0.39 is 29.6 Å². The van der Waals surface area contributed by atoms with Crippen molar-refractivity contribution >= 4 is 17.5 Å². The smallest absolute Gasteiger partial charge is 0.407 e. The van der Waals surface area contributed by atoms with Crippen molar-refractivity contribution in [2.24, 2.45) is 5.92 Å². The number of aliphatic hydroxyl groups excluding tert-OH is 1. The van der Waals surface area contributed by atoms with Gasteiger partial charge in [-0.2, -0.15) is 0 Å². The minimum Gasteiger partial charge on any atom is -0.593 e. The van der Waals surface area contributed by atoms with Gasteiger partial charge in [0.15, 0.2) is 4.90 Å². The summed E-state index contributed by atoms with van der Waals surface area (Å²) in [4.78, 5) is 13.0. The Morgan fingerprint density at radius 1 is 1.24 bits per heavy atom. The second-order valence-electron chi connectivity index (χ2n) is 8.89. The molecular formula is C25H34N2O6S. The van der Waals surface area contributed by atoms with Crippen LogP contribution in [0.2, 0.25) is 0 Å². The molecule has 1 heterocycles. The van der Waals surface area contributed by atoms with Gasteiger partial charge >= 0.3 is 6.09 Å². The van der Waals surface area contributed by atoms with E-state index in [1.54, 1.807) is 16.4 Å². The molecule has 0 spiro atoms. The van der Waals surface area contributed by atoms with Crippen molar-refractivity contribution in [2.45, 2.75) is 49.8 Å². The van der Waals surface area contributed by atoms with Crippen LogP contribution in [-0.2, 0) is 27.3 Å². The molecule has 0 saturated carbocycles. The van der Waals surface area contributed by atoms with Crippen LogP contribution in [0, 0.1) is 5.92 Å². The number of rotatable bonds is 11. The fourth-order valence-electron chi connectivity index (χ4n) is 3.79. The Morgan fingerprint density at radius 3 is 2.65 bits per heavy atom. The number of benzene rings is 2. The molecule has 4 atom stereocenters. The van der Waals surface area contributed by atoms with Crippen LogP contribution >= 0.6 is 0 Å². The van der Waals surface area contributed by atoms with Crippen LogP contribution in [0.5, 0.6) is 5.75 Å². The summed E-state index contributed by atoms with van der Waals surface area (Å²) in [6.45, 7) is 5.44. The predicted molar refractivity (Wildman–Crippen MR) is 130 cm³/mol.